The summed E-state index contributed by atoms with van der Waals surface area (Å²) in [5.74, 6) is 0.116. The van der Waals surface area contributed by atoms with Crippen molar-refractivity contribution in [3.05, 3.63) is 47.5 Å². The third-order valence-electron chi connectivity index (χ3n) is 4.95. The smallest absolute Gasteiger partial charge is 0.287 e. The summed E-state index contributed by atoms with van der Waals surface area (Å²) in [4.78, 5) is 11.7. The number of hydrogen-bond donors (Lipinski definition) is 1. The molecule has 1 amide bonds. The number of carbonyl (C=O) groups excluding carboxylic acids is 1. The van der Waals surface area contributed by atoms with Crippen LogP contribution in [-0.2, 0) is 11.2 Å². The Morgan fingerprint density at radius 3 is 2.30 bits per heavy atom. The van der Waals surface area contributed by atoms with Gasteiger partial charge in [-0.3, -0.25) is 10.2 Å². The first kappa shape index (κ1) is 19.7. The molecule has 0 aliphatic carbocycles. The lowest BCUT2D eigenvalue weighted by molar-refractivity contribution is -0.203. The summed E-state index contributed by atoms with van der Waals surface area (Å²) in [6.45, 7) is 7.55. The highest BCUT2D eigenvalue weighted by Gasteiger charge is 2.52. The summed E-state index contributed by atoms with van der Waals surface area (Å²) >= 11 is 0. The van der Waals surface area contributed by atoms with Gasteiger partial charge in [-0.1, -0.05) is 44.2 Å². The van der Waals surface area contributed by atoms with E-state index in [-0.39, 0.29) is 12.0 Å². The summed E-state index contributed by atoms with van der Waals surface area (Å²) in [5, 5.41) is 2.73. The number of hydrogen-bond acceptors (Lipinski definition) is 2. The predicted molar refractivity (Wildman–Crippen MR) is 100.0 cm³/mol. The van der Waals surface area contributed by atoms with Crippen LogP contribution in [0.25, 0.3) is 10.8 Å². The van der Waals surface area contributed by atoms with Crippen molar-refractivity contribution in [1.29, 1.82) is 0 Å². The largest absolute Gasteiger partial charge is 0.409 e. The monoisotopic (exact) mass is 378 g/mol. The summed E-state index contributed by atoms with van der Waals surface area (Å²) in [7, 11) is 0. The molecule has 27 heavy (non-hydrogen) atoms. The fraction of sp³-hybridized carbons (Fsp3) is 0.476. The molecule has 0 spiro atoms. The predicted octanol–water partition coefficient (Wildman–Crippen LogP) is 5.16. The molecule has 0 bridgehead atoms. The zero-order valence-electron chi connectivity index (χ0n) is 16.0. The second kappa shape index (κ2) is 6.82. The summed E-state index contributed by atoms with van der Waals surface area (Å²) in [6.07, 6.45) is -3.55. The number of halogens is 3. The summed E-state index contributed by atoms with van der Waals surface area (Å²) in [5.41, 5.74) is 2.78. The number of rotatable bonds is 4. The molecule has 1 atom stereocenters. The van der Waals surface area contributed by atoms with Gasteiger partial charge in [0.2, 0.25) is 5.91 Å². The molecule has 2 aromatic rings. The number of nitrogens with zero attached hydrogens (tertiary/aromatic N) is 1. The average Bonchev–Trinajstić information content (AvgIpc) is 2.78. The molecule has 0 radical (unpaired) electrons. The molecule has 3 nitrogen and oxygen atoms in total. The van der Waals surface area contributed by atoms with E-state index in [9.17, 15) is 18.0 Å². The van der Waals surface area contributed by atoms with E-state index in [1.165, 1.54) is 11.6 Å². The normalized spacial score (nSPS) is 18.9. The van der Waals surface area contributed by atoms with Crippen LogP contribution in [0.4, 0.5) is 13.2 Å². The van der Waals surface area contributed by atoms with Gasteiger partial charge >= 0.3 is 6.18 Å². The summed E-state index contributed by atoms with van der Waals surface area (Å²) < 4.78 is 41.8. The van der Waals surface area contributed by atoms with Crippen LogP contribution in [0.3, 0.4) is 0 Å². The average molecular weight is 378 g/mol. The van der Waals surface area contributed by atoms with Gasteiger partial charge in [-0.05, 0) is 54.2 Å². The molecule has 0 unspecified atom stereocenters. The van der Waals surface area contributed by atoms with E-state index in [0.717, 1.165) is 22.2 Å². The second-order valence-corrected chi connectivity index (χ2v) is 8.38. The van der Waals surface area contributed by atoms with Gasteiger partial charge < -0.3 is 0 Å². The lowest BCUT2D eigenvalue weighted by Gasteiger charge is -2.38. The molecule has 0 aromatic heterocycles. The molecule has 1 heterocycles. The number of alkyl halides is 3. The fourth-order valence-corrected chi connectivity index (χ4v) is 3.78. The van der Waals surface area contributed by atoms with Gasteiger partial charge in [0, 0.05) is 12.0 Å². The maximum atomic E-state index is 13.9. The van der Waals surface area contributed by atoms with Gasteiger partial charge in [0.25, 0.3) is 0 Å². The Balaban J connectivity index is 2.02. The first-order chi connectivity index (χ1) is 12.5. The van der Waals surface area contributed by atoms with Gasteiger partial charge in [0.1, 0.15) is 0 Å². The molecule has 1 fully saturated rings. The Morgan fingerprint density at radius 1 is 1.11 bits per heavy atom. The highest BCUT2D eigenvalue weighted by molar-refractivity contribution is 5.84. The van der Waals surface area contributed by atoms with Crippen molar-refractivity contribution in [2.24, 2.45) is 5.92 Å². The molecule has 0 saturated carbocycles. The summed E-state index contributed by atoms with van der Waals surface area (Å²) in [6, 6.07) is 8.81. The van der Waals surface area contributed by atoms with E-state index in [1.807, 2.05) is 18.2 Å². The zero-order valence-corrected chi connectivity index (χ0v) is 16.0. The Bertz CT molecular complexity index is 858. The van der Waals surface area contributed by atoms with E-state index < -0.39 is 23.7 Å². The first-order valence-electron chi connectivity index (χ1n) is 9.15. The second-order valence-electron chi connectivity index (χ2n) is 8.38. The Hall–Kier alpha value is -2.08. The number of hydrazine groups is 1. The van der Waals surface area contributed by atoms with Crippen molar-refractivity contribution in [2.45, 2.75) is 58.3 Å². The number of fused-ring (bicyclic) bond motifs is 1. The molecule has 146 valence electrons. The van der Waals surface area contributed by atoms with Gasteiger partial charge in [0.05, 0.1) is 0 Å². The van der Waals surface area contributed by atoms with Gasteiger partial charge in [0.15, 0.2) is 6.04 Å². The molecule has 6 heteroatoms. The van der Waals surface area contributed by atoms with E-state index >= 15 is 0 Å². The van der Waals surface area contributed by atoms with Crippen LogP contribution in [0, 0.1) is 5.92 Å². The van der Waals surface area contributed by atoms with Gasteiger partial charge in [-0.15, -0.1) is 0 Å². The van der Waals surface area contributed by atoms with E-state index in [1.54, 1.807) is 26.0 Å². The van der Waals surface area contributed by atoms with Crippen LogP contribution in [0.2, 0.25) is 0 Å². The van der Waals surface area contributed by atoms with E-state index in [0.29, 0.717) is 5.92 Å². The van der Waals surface area contributed by atoms with Crippen LogP contribution in [0.1, 0.15) is 51.3 Å². The number of benzene rings is 2. The van der Waals surface area contributed by atoms with Crippen molar-refractivity contribution >= 4 is 16.7 Å². The Labute approximate surface area is 157 Å². The molecular formula is C21H25F3N2O. The molecule has 2 aromatic carbocycles. The third kappa shape index (κ3) is 4.10. The van der Waals surface area contributed by atoms with Crippen molar-refractivity contribution < 1.29 is 18.0 Å². The first-order valence-corrected chi connectivity index (χ1v) is 9.15. The minimum Gasteiger partial charge on any atom is -0.287 e. The maximum Gasteiger partial charge on any atom is 0.409 e. The molecule has 3 rings (SSSR count). The van der Waals surface area contributed by atoms with Gasteiger partial charge in [-0.25, -0.2) is 0 Å². The van der Waals surface area contributed by atoms with E-state index in [2.05, 4.69) is 19.3 Å². The Morgan fingerprint density at radius 2 is 1.74 bits per heavy atom. The molecule has 1 saturated heterocycles. The molecule has 1 aliphatic heterocycles. The number of nitrogens with one attached hydrogen (secondary N) is 1. The van der Waals surface area contributed by atoms with Crippen LogP contribution < -0.4 is 5.43 Å². The van der Waals surface area contributed by atoms with Crippen LogP contribution in [0.5, 0.6) is 0 Å². The van der Waals surface area contributed by atoms with Crippen molar-refractivity contribution in [1.82, 2.24) is 10.4 Å². The lowest BCUT2D eigenvalue weighted by atomic mass is 9.94. The number of carbonyl (C=O) groups is 1. The van der Waals surface area contributed by atoms with Crippen LogP contribution in [-0.4, -0.2) is 22.6 Å². The number of amides is 1. The minimum atomic E-state index is -4.51. The molecule has 1 aliphatic rings. The quantitative estimate of drug-likeness (QED) is 0.797. The topological polar surface area (TPSA) is 32.3 Å². The van der Waals surface area contributed by atoms with E-state index in [4.69, 9.17) is 0 Å². The van der Waals surface area contributed by atoms with Crippen LogP contribution >= 0.6 is 0 Å². The standard InChI is InChI=1S/C21H25F3N2O/c1-13(2)9-14-5-6-16-11-17(8-7-15(16)10-14)19(21(22,23)24)26-20(3,4)12-18(27)25-26/h5-8,10-11,13,19H,9,12H2,1-4H3,(H,25,27)/t19-/m0/s1. The van der Waals surface area contributed by atoms with Gasteiger partial charge in [-0.2, -0.15) is 18.2 Å². The zero-order chi connectivity index (χ0) is 20.0. The highest BCUT2D eigenvalue weighted by Crippen LogP contribution is 2.43. The molecule has 1 N–H and O–H groups in total. The fourth-order valence-electron chi connectivity index (χ4n) is 3.78. The van der Waals surface area contributed by atoms with Crippen molar-refractivity contribution in [3.63, 3.8) is 0 Å². The maximum absolute atomic E-state index is 13.9. The van der Waals surface area contributed by atoms with Crippen LogP contribution in [0.15, 0.2) is 36.4 Å². The Kier molecular flexibility index (Phi) is 4.97. The minimum absolute atomic E-state index is 0.0335. The molecular weight excluding hydrogens is 353 g/mol. The third-order valence-corrected chi connectivity index (χ3v) is 4.95. The lowest BCUT2D eigenvalue weighted by Crippen LogP contribution is -2.51. The SMILES string of the molecule is CC(C)Cc1ccc2cc([C@H](N3NC(=O)CC3(C)C)C(F)(F)F)ccc2c1. The highest BCUT2D eigenvalue weighted by atomic mass is 19.4. The van der Waals surface area contributed by atoms with Crippen molar-refractivity contribution in [3.8, 4) is 0 Å². The van der Waals surface area contributed by atoms with Crippen molar-refractivity contribution in [2.75, 3.05) is 0 Å².